The van der Waals surface area contributed by atoms with E-state index in [2.05, 4.69) is 10.3 Å². The Kier molecular flexibility index (Phi) is 5.86. The van der Waals surface area contributed by atoms with Crippen molar-refractivity contribution in [2.45, 2.75) is 19.0 Å². The first-order valence-electron chi connectivity index (χ1n) is 9.72. The Morgan fingerprint density at radius 2 is 1.81 bits per heavy atom. The molecule has 3 aromatic rings. The highest BCUT2D eigenvalue weighted by molar-refractivity contribution is 6.34. The molecule has 32 heavy (non-hydrogen) atoms. The maximum atomic E-state index is 13.7. The lowest BCUT2D eigenvalue weighted by atomic mass is 9.96. The molecule has 1 saturated heterocycles. The first-order chi connectivity index (χ1) is 15.1. The molecule has 0 aliphatic carbocycles. The van der Waals surface area contributed by atoms with E-state index >= 15 is 0 Å². The van der Waals surface area contributed by atoms with Crippen LogP contribution >= 0.6 is 23.2 Å². The van der Waals surface area contributed by atoms with E-state index in [1.807, 2.05) is 4.90 Å². The molecule has 0 bridgehead atoms. The van der Waals surface area contributed by atoms with Crippen molar-refractivity contribution in [1.82, 2.24) is 9.55 Å². The third-order valence-corrected chi connectivity index (χ3v) is 6.29. The van der Waals surface area contributed by atoms with Crippen molar-refractivity contribution in [1.29, 1.82) is 5.26 Å². The van der Waals surface area contributed by atoms with Crippen molar-refractivity contribution < 1.29 is 17.6 Å². The van der Waals surface area contributed by atoms with Crippen molar-refractivity contribution in [2.75, 3.05) is 23.3 Å². The van der Waals surface area contributed by atoms with Gasteiger partial charge in [-0.2, -0.15) is 18.4 Å². The number of benzene rings is 2. The SMILES string of the molecule is Cn1c(Nc2cc(C#N)c(F)cc2Cl)nc2cc(Cl)c(N3CCC(C(F)(F)F)CC3)cc21. The molecular weight excluding hydrogens is 469 g/mol. The highest BCUT2D eigenvalue weighted by Crippen LogP contribution is 2.39. The van der Waals surface area contributed by atoms with E-state index in [9.17, 15) is 17.6 Å². The minimum Gasteiger partial charge on any atom is -0.370 e. The Hall–Kier alpha value is -2.70. The van der Waals surface area contributed by atoms with E-state index in [4.69, 9.17) is 28.5 Å². The average Bonchev–Trinajstić information content (AvgIpc) is 3.03. The number of hydrogen-bond acceptors (Lipinski definition) is 4. The first-order valence-corrected chi connectivity index (χ1v) is 10.5. The molecule has 5 nitrogen and oxygen atoms in total. The fourth-order valence-corrected chi connectivity index (χ4v) is 4.33. The summed E-state index contributed by atoms with van der Waals surface area (Å²) in [5.41, 5.74) is 2.05. The molecule has 0 atom stereocenters. The minimum atomic E-state index is -4.19. The summed E-state index contributed by atoms with van der Waals surface area (Å²) in [4.78, 5) is 6.33. The fourth-order valence-electron chi connectivity index (χ4n) is 3.85. The van der Waals surface area contributed by atoms with Gasteiger partial charge in [-0.05, 0) is 37.1 Å². The topological polar surface area (TPSA) is 56.9 Å². The minimum absolute atomic E-state index is 0.0142. The van der Waals surface area contributed by atoms with E-state index < -0.39 is 17.9 Å². The van der Waals surface area contributed by atoms with Crippen LogP contribution in [0, 0.1) is 23.1 Å². The lowest BCUT2D eigenvalue weighted by Crippen LogP contribution is -2.39. The lowest BCUT2D eigenvalue weighted by molar-refractivity contribution is -0.179. The van der Waals surface area contributed by atoms with Crippen molar-refractivity contribution in [3.05, 3.63) is 45.7 Å². The third-order valence-electron chi connectivity index (χ3n) is 5.67. The summed E-state index contributed by atoms with van der Waals surface area (Å²) in [6.07, 6.45) is -4.16. The summed E-state index contributed by atoms with van der Waals surface area (Å²) < 4.78 is 54.4. The van der Waals surface area contributed by atoms with Gasteiger partial charge < -0.3 is 14.8 Å². The number of piperidine rings is 1. The molecule has 2 aromatic carbocycles. The molecule has 1 aromatic heterocycles. The summed E-state index contributed by atoms with van der Waals surface area (Å²) >= 11 is 12.5. The highest BCUT2D eigenvalue weighted by Gasteiger charge is 2.41. The van der Waals surface area contributed by atoms with Crippen molar-refractivity contribution in [3.8, 4) is 6.07 Å². The number of rotatable bonds is 3. The molecule has 0 saturated carbocycles. The number of halogens is 6. The number of aromatic nitrogens is 2. The molecule has 1 N–H and O–H groups in total. The van der Waals surface area contributed by atoms with Gasteiger partial charge >= 0.3 is 6.18 Å². The number of anilines is 3. The van der Waals surface area contributed by atoms with Crippen LogP contribution in [-0.2, 0) is 7.05 Å². The standard InChI is InChI=1S/C21H17Cl2F4N5/c1-31-19-9-18(32-4-2-12(3-5-32)21(25,26)27)14(23)8-17(19)30-20(31)29-16-6-11(10-28)15(24)7-13(16)22/h6-9,12H,2-5H2,1H3,(H,29,30). The summed E-state index contributed by atoms with van der Waals surface area (Å²) in [7, 11) is 1.74. The maximum Gasteiger partial charge on any atom is 0.391 e. The van der Waals surface area contributed by atoms with Gasteiger partial charge in [-0.1, -0.05) is 23.2 Å². The molecule has 0 radical (unpaired) electrons. The largest absolute Gasteiger partial charge is 0.391 e. The van der Waals surface area contributed by atoms with E-state index in [0.717, 1.165) is 6.07 Å². The molecule has 0 amide bonds. The molecule has 1 fully saturated rings. The van der Waals surface area contributed by atoms with Gasteiger partial charge in [0.1, 0.15) is 11.9 Å². The van der Waals surface area contributed by atoms with E-state index in [0.29, 0.717) is 33.4 Å². The zero-order valence-electron chi connectivity index (χ0n) is 16.8. The van der Waals surface area contributed by atoms with Crippen LogP contribution in [0.4, 0.5) is 34.9 Å². The predicted molar refractivity (Wildman–Crippen MR) is 116 cm³/mol. The molecule has 1 aliphatic rings. The van der Waals surface area contributed by atoms with Crippen LogP contribution in [0.25, 0.3) is 11.0 Å². The molecule has 11 heteroatoms. The number of nitrogens with one attached hydrogen (secondary N) is 1. The molecule has 4 rings (SSSR count). The number of aryl methyl sites for hydroxylation is 1. The van der Waals surface area contributed by atoms with E-state index in [1.54, 1.807) is 29.8 Å². The van der Waals surface area contributed by atoms with E-state index in [1.165, 1.54) is 6.07 Å². The number of hydrogen-bond donors (Lipinski definition) is 1. The van der Waals surface area contributed by atoms with Crippen molar-refractivity contribution in [3.63, 3.8) is 0 Å². The molecule has 2 heterocycles. The van der Waals surface area contributed by atoms with Gasteiger partial charge in [0, 0.05) is 20.1 Å². The monoisotopic (exact) mass is 485 g/mol. The van der Waals surface area contributed by atoms with Crippen LogP contribution in [0.5, 0.6) is 0 Å². The van der Waals surface area contributed by atoms with Crippen LogP contribution in [0.15, 0.2) is 24.3 Å². The Morgan fingerprint density at radius 3 is 2.44 bits per heavy atom. The maximum absolute atomic E-state index is 13.7. The predicted octanol–water partition coefficient (Wildman–Crippen LogP) is 6.41. The summed E-state index contributed by atoms with van der Waals surface area (Å²) in [5, 5.41) is 12.5. The van der Waals surface area contributed by atoms with Gasteiger partial charge in [0.2, 0.25) is 5.95 Å². The number of nitrogens with zero attached hydrogens (tertiary/aromatic N) is 4. The Morgan fingerprint density at radius 1 is 1.12 bits per heavy atom. The molecule has 1 aliphatic heterocycles. The Labute approximate surface area is 191 Å². The molecule has 168 valence electrons. The quantitative estimate of drug-likeness (QED) is 0.435. The Balaban J connectivity index is 1.64. The zero-order chi connectivity index (χ0) is 23.2. The second-order valence-corrected chi connectivity index (χ2v) is 8.45. The van der Waals surface area contributed by atoms with Gasteiger partial charge in [-0.15, -0.1) is 0 Å². The molecular formula is C21H17Cl2F4N5. The van der Waals surface area contributed by atoms with E-state index in [-0.39, 0.29) is 36.5 Å². The summed E-state index contributed by atoms with van der Waals surface area (Å²) in [5.74, 6) is -1.65. The third kappa shape index (κ3) is 4.17. The first kappa shape index (κ1) is 22.5. The zero-order valence-corrected chi connectivity index (χ0v) is 18.3. The fraction of sp³-hybridized carbons (Fsp3) is 0.333. The number of imidazole rings is 1. The number of nitriles is 1. The van der Waals surface area contributed by atoms with Gasteiger partial charge in [-0.25, -0.2) is 9.37 Å². The number of fused-ring (bicyclic) bond motifs is 1. The molecule has 0 spiro atoms. The van der Waals surface area contributed by atoms with Crippen molar-refractivity contribution in [2.24, 2.45) is 13.0 Å². The summed E-state index contributed by atoms with van der Waals surface area (Å²) in [6, 6.07) is 7.54. The van der Waals surface area contributed by atoms with Crippen LogP contribution in [-0.4, -0.2) is 28.8 Å². The van der Waals surface area contributed by atoms with Crippen LogP contribution in [0.1, 0.15) is 18.4 Å². The van der Waals surface area contributed by atoms with Gasteiger partial charge in [0.05, 0.1) is 43.9 Å². The second kappa shape index (κ2) is 8.34. The van der Waals surface area contributed by atoms with Crippen LogP contribution in [0.2, 0.25) is 10.0 Å². The normalized spacial score (nSPS) is 15.2. The second-order valence-electron chi connectivity index (χ2n) is 7.64. The van der Waals surface area contributed by atoms with Gasteiger partial charge in [0.15, 0.2) is 0 Å². The Bertz CT molecular complexity index is 1220. The molecule has 0 unspecified atom stereocenters. The summed E-state index contributed by atoms with van der Waals surface area (Å²) in [6.45, 7) is 0.501. The smallest absolute Gasteiger partial charge is 0.370 e. The van der Waals surface area contributed by atoms with Crippen LogP contribution < -0.4 is 10.2 Å². The van der Waals surface area contributed by atoms with Crippen molar-refractivity contribution >= 4 is 51.6 Å². The highest BCUT2D eigenvalue weighted by atomic mass is 35.5. The van der Waals surface area contributed by atoms with Crippen LogP contribution in [0.3, 0.4) is 0 Å². The average molecular weight is 486 g/mol. The number of alkyl halides is 3. The van der Waals surface area contributed by atoms with Gasteiger partial charge in [-0.3, -0.25) is 0 Å². The lowest BCUT2D eigenvalue weighted by Gasteiger charge is -2.34. The van der Waals surface area contributed by atoms with Gasteiger partial charge in [0.25, 0.3) is 0 Å².